The van der Waals surface area contributed by atoms with E-state index in [2.05, 4.69) is 0 Å². The number of aliphatic hydroxyl groups is 17. The molecule has 75 heavy (non-hydrogen) atoms. The highest BCUT2D eigenvalue weighted by molar-refractivity contribution is 8.00. The number of thioether (sulfide) groups is 1. The fourth-order valence-corrected chi connectivity index (χ4v) is 12.8. The summed E-state index contributed by atoms with van der Waals surface area (Å²) in [6.07, 6.45) is -57.6. The largest absolute Gasteiger partial charge is 0.394 e. The summed E-state index contributed by atoms with van der Waals surface area (Å²) in [5.41, 5.74) is 0. The van der Waals surface area contributed by atoms with Crippen LogP contribution in [-0.4, -0.2) is 346 Å². The van der Waals surface area contributed by atoms with E-state index >= 15 is 0 Å². The van der Waals surface area contributed by atoms with Gasteiger partial charge in [0.15, 0.2) is 44.0 Å². The van der Waals surface area contributed by atoms with Crippen molar-refractivity contribution in [3.63, 3.8) is 0 Å². The summed E-state index contributed by atoms with van der Waals surface area (Å²) in [4.78, 5) is 0. The summed E-state index contributed by atoms with van der Waals surface area (Å²) in [5.74, 6) is 0. The van der Waals surface area contributed by atoms with Crippen molar-refractivity contribution in [1.29, 1.82) is 0 Å². The smallest absolute Gasteiger partial charge is 0.187 e. The molecule has 16 bridgehead atoms. The normalized spacial score (nSPS) is 57.5. The molecule has 0 spiro atoms. The lowest BCUT2D eigenvalue weighted by Crippen LogP contribution is -2.68. The Bertz CT molecular complexity index is 1860. The molecule has 21 saturated heterocycles. The molecule has 21 aliphatic heterocycles. The van der Waals surface area contributed by atoms with Crippen LogP contribution in [0.2, 0.25) is 0 Å². The maximum atomic E-state index is 12.1. The Labute approximate surface area is 428 Å². The topological polar surface area (TPSA) is 482 Å². The molecule has 21 aliphatic rings. The van der Waals surface area contributed by atoms with Gasteiger partial charge in [0.25, 0.3) is 0 Å². The third-order valence-corrected chi connectivity index (χ3v) is 16.9. The summed E-state index contributed by atoms with van der Waals surface area (Å²) in [6, 6.07) is 0. The average Bonchev–Trinajstić information content (AvgIpc) is 3.62. The van der Waals surface area contributed by atoms with E-state index in [-0.39, 0.29) is 6.61 Å². The van der Waals surface area contributed by atoms with E-state index in [1.54, 1.807) is 0 Å². The van der Waals surface area contributed by atoms with Gasteiger partial charge < -0.3 is 158 Å². The average molecular weight is 1120 g/mol. The predicted molar refractivity (Wildman–Crippen MR) is 228 cm³/mol. The molecule has 0 aromatic carbocycles. The first-order valence-corrected chi connectivity index (χ1v) is 25.5. The first-order valence-electron chi connectivity index (χ1n) is 24.5. The zero-order valence-corrected chi connectivity index (χ0v) is 40.1. The Morgan fingerprint density at radius 1 is 0.253 bits per heavy atom. The van der Waals surface area contributed by atoms with Crippen molar-refractivity contribution in [3.05, 3.63) is 0 Å². The van der Waals surface area contributed by atoms with Crippen LogP contribution in [0.3, 0.4) is 0 Å². The number of hydrogen-bond acceptors (Lipinski definition) is 33. The lowest BCUT2D eigenvalue weighted by atomic mass is 9.95. The quantitative estimate of drug-likeness (QED) is 0.117. The molecule has 0 saturated carbocycles. The van der Waals surface area contributed by atoms with E-state index in [1.165, 1.54) is 0 Å². The van der Waals surface area contributed by atoms with Crippen LogP contribution < -0.4 is 0 Å². The van der Waals surface area contributed by atoms with Gasteiger partial charge in [0.2, 0.25) is 0 Å². The van der Waals surface area contributed by atoms with Gasteiger partial charge in [0.1, 0.15) is 153 Å². The fraction of sp³-hybridized carbons (Fsp3) is 1.00. The molecule has 0 radical (unpaired) electrons. The number of hydrogen-bond donors (Lipinski definition) is 17. The molecule has 17 N–H and O–H groups in total. The first-order chi connectivity index (χ1) is 35.9. The Hall–Kier alpha value is -0.930. The second kappa shape index (κ2) is 23.5. The van der Waals surface area contributed by atoms with Crippen molar-refractivity contribution in [3.8, 4) is 0 Å². The van der Waals surface area contributed by atoms with Gasteiger partial charge in [-0.1, -0.05) is 0 Å². The maximum absolute atomic E-state index is 12.1. The molecule has 21 fully saturated rings. The molecule has 432 valence electrons. The van der Waals surface area contributed by atoms with Crippen LogP contribution >= 0.6 is 11.8 Å². The summed E-state index contributed by atoms with van der Waals surface area (Å²) < 4.78 is 89.1. The standard InChI is InChI=1S/C42H66O32S/c43-1-8-26-15(49)20(54)36(61-8)68-27-9(2-44)62-38(21(55)16(27)50)70-29-11(4-46)64-40(23(57)18(29)52)72-31-13(6-48)66-41-34(25(31)59)75-35-33-32(74-41)14(7-60-33)67-42(35)73-30-12(5-47)65-39(24(58)19(30)53)71-28-10(3-45)63-37(69-26)22(56)17(28)51/h8-59H,1-7H2/t8-,9-,10-,11-,12-,13-,14-,15-,16-,17-,18-,19-,20-,21-,22-,23-,24-,25+,26-,27-,28-,29-,30-,31-,32+,33+,34-,35-,36-,37-,38-,39-,40-,41-,42-/m1/s1. The monoisotopic (exact) mass is 1110 g/mol. The van der Waals surface area contributed by atoms with Gasteiger partial charge in [-0.2, -0.15) is 0 Å². The molecule has 0 aromatic heterocycles. The molecule has 21 rings (SSSR count). The molecular formula is C42H66O32S. The second-order valence-corrected chi connectivity index (χ2v) is 21.2. The SMILES string of the molecule is OC[C@H]1O[C@@H]2O[C@H]3[C@H](O)[C@@H](O)[C@@H](O[C@H]4[C@H](O)[C@@H](O)[C@@H](O[C@H]5[C@H](O)[C@H]6S[C@H]7[C@@H](O[C@H]8[C@H](O)[C@@H](O)[C@@H](O[C@H]9[C@H](O)[C@@H](O)[C@@H](O[C@H]1[C@H](O)[C@H]2O)O[C@@H]9CO)O[C@@H]8CO)O[C@@H]1CO[C@H]7[C@H]1O[C@H]6O[C@@H]5CO)O[C@@H]4CO)O[C@@H]3CO. The van der Waals surface area contributed by atoms with Crippen molar-refractivity contribution >= 4 is 11.8 Å². The molecule has 35 atom stereocenters. The molecule has 0 aromatic rings. The molecule has 0 aliphatic carbocycles. The summed E-state index contributed by atoms with van der Waals surface area (Å²) in [5, 5.41) is 187. The van der Waals surface area contributed by atoms with Crippen molar-refractivity contribution < 1.29 is 158 Å². The summed E-state index contributed by atoms with van der Waals surface area (Å²) >= 11 is 0.965. The van der Waals surface area contributed by atoms with Crippen LogP contribution in [0.25, 0.3) is 0 Å². The molecule has 0 unspecified atom stereocenters. The Balaban J connectivity index is 0.956. The van der Waals surface area contributed by atoms with Gasteiger partial charge in [0, 0.05) is 0 Å². The van der Waals surface area contributed by atoms with Crippen LogP contribution in [0.4, 0.5) is 0 Å². The number of aliphatic hydroxyl groups excluding tert-OH is 17. The zero-order valence-electron chi connectivity index (χ0n) is 39.3. The van der Waals surface area contributed by atoms with Gasteiger partial charge in [-0.3, -0.25) is 0 Å². The minimum Gasteiger partial charge on any atom is -0.394 e. The van der Waals surface area contributed by atoms with Gasteiger partial charge in [-0.15, -0.1) is 11.8 Å². The van der Waals surface area contributed by atoms with Crippen molar-refractivity contribution in [1.82, 2.24) is 0 Å². The van der Waals surface area contributed by atoms with Crippen LogP contribution in [0, 0.1) is 0 Å². The highest BCUT2D eigenvalue weighted by Gasteiger charge is 2.63. The Morgan fingerprint density at radius 2 is 0.507 bits per heavy atom. The summed E-state index contributed by atoms with van der Waals surface area (Å²) in [6.45, 7) is -5.65. The molecular weight excluding hydrogens is 1050 g/mol. The molecule has 32 nitrogen and oxygen atoms in total. The third kappa shape index (κ3) is 10.4. The van der Waals surface area contributed by atoms with Gasteiger partial charge in [-0.25, -0.2) is 0 Å². The highest BCUT2D eigenvalue weighted by atomic mass is 32.2. The first kappa shape index (κ1) is 57.3. The van der Waals surface area contributed by atoms with Gasteiger partial charge in [0.05, 0.1) is 62.9 Å². The van der Waals surface area contributed by atoms with E-state index < -0.39 is 253 Å². The van der Waals surface area contributed by atoms with E-state index in [9.17, 15) is 86.8 Å². The molecule has 0 amide bonds. The van der Waals surface area contributed by atoms with Crippen LogP contribution in [0.15, 0.2) is 0 Å². The van der Waals surface area contributed by atoms with Crippen molar-refractivity contribution in [2.75, 3.05) is 46.2 Å². The molecule has 21 heterocycles. The second-order valence-electron chi connectivity index (χ2n) is 19.9. The number of ether oxygens (including phenoxy) is 15. The number of rotatable bonds is 6. The minimum absolute atomic E-state index is 0.0264. The van der Waals surface area contributed by atoms with E-state index in [4.69, 9.17) is 71.1 Å². The third-order valence-electron chi connectivity index (χ3n) is 15.3. The Morgan fingerprint density at radius 3 is 0.813 bits per heavy atom. The zero-order chi connectivity index (χ0) is 53.5. The van der Waals surface area contributed by atoms with Crippen LogP contribution in [0.1, 0.15) is 0 Å². The van der Waals surface area contributed by atoms with Gasteiger partial charge >= 0.3 is 0 Å². The van der Waals surface area contributed by atoms with Crippen LogP contribution in [0.5, 0.6) is 0 Å². The van der Waals surface area contributed by atoms with Crippen molar-refractivity contribution in [2.45, 2.75) is 213 Å². The van der Waals surface area contributed by atoms with Crippen LogP contribution in [-0.2, 0) is 71.1 Å². The predicted octanol–water partition coefficient (Wildman–Crippen LogP) is -12.4. The maximum Gasteiger partial charge on any atom is 0.187 e. The molecule has 33 heteroatoms. The van der Waals surface area contributed by atoms with E-state index in [1.807, 2.05) is 0 Å². The van der Waals surface area contributed by atoms with E-state index in [0.717, 1.165) is 11.8 Å². The van der Waals surface area contributed by atoms with Gasteiger partial charge in [-0.05, 0) is 0 Å². The minimum atomic E-state index is -2.16. The summed E-state index contributed by atoms with van der Waals surface area (Å²) in [7, 11) is 0. The van der Waals surface area contributed by atoms with E-state index in [0.29, 0.717) is 0 Å². The lowest BCUT2D eigenvalue weighted by molar-refractivity contribution is -0.395. The fourth-order valence-electron chi connectivity index (χ4n) is 11.2. The lowest BCUT2D eigenvalue weighted by Gasteiger charge is -2.50. The van der Waals surface area contributed by atoms with Crippen molar-refractivity contribution in [2.24, 2.45) is 0 Å². The Kier molecular flexibility index (Phi) is 18.0. The highest BCUT2D eigenvalue weighted by Crippen LogP contribution is 2.49.